The van der Waals surface area contributed by atoms with E-state index in [-0.39, 0.29) is 6.04 Å². The highest BCUT2D eigenvalue weighted by atomic mass is 79.9. The second-order valence-corrected chi connectivity index (χ2v) is 5.89. The Bertz CT molecular complexity index is 588. The number of benzene rings is 2. The summed E-state index contributed by atoms with van der Waals surface area (Å²) in [5.74, 6) is 0.878. The Balaban J connectivity index is 2.00. The van der Waals surface area contributed by atoms with Crippen molar-refractivity contribution >= 4 is 27.5 Å². The molecular weight excluding hydrogens is 338 g/mol. The Kier molecular flexibility index (Phi) is 5.46. The van der Waals surface area contributed by atoms with Crippen LogP contribution in [-0.2, 0) is 6.54 Å². The van der Waals surface area contributed by atoms with Gasteiger partial charge < -0.3 is 10.1 Å². The van der Waals surface area contributed by atoms with Gasteiger partial charge in [-0.15, -0.1) is 0 Å². The van der Waals surface area contributed by atoms with Gasteiger partial charge in [-0.2, -0.15) is 0 Å². The molecule has 1 atom stereocenters. The van der Waals surface area contributed by atoms with Gasteiger partial charge in [0.2, 0.25) is 0 Å². The summed E-state index contributed by atoms with van der Waals surface area (Å²) in [6.07, 6.45) is 0. The van der Waals surface area contributed by atoms with E-state index < -0.39 is 0 Å². The van der Waals surface area contributed by atoms with Crippen molar-refractivity contribution in [1.82, 2.24) is 5.32 Å². The first-order valence-corrected chi connectivity index (χ1v) is 7.58. The second kappa shape index (κ2) is 7.11. The summed E-state index contributed by atoms with van der Waals surface area (Å²) < 4.78 is 6.17. The minimum atomic E-state index is 0.243. The Labute approximate surface area is 133 Å². The van der Waals surface area contributed by atoms with Gasteiger partial charge in [-0.3, -0.25) is 0 Å². The Hall–Kier alpha value is -1.03. The molecule has 1 N–H and O–H groups in total. The smallest absolute Gasteiger partial charge is 0.119 e. The molecule has 0 aliphatic carbocycles. The molecule has 0 radical (unpaired) electrons. The van der Waals surface area contributed by atoms with Crippen LogP contribution in [0.15, 0.2) is 46.9 Å². The van der Waals surface area contributed by atoms with Crippen LogP contribution in [0.4, 0.5) is 0 Å². The molecule has 0 saturated heterocycles. The van der Waals surface area contributed by atoms with E-state index in [4.69, 9.17) is 16.3 Å². The van der Waals surface area contributed by atoms with Crippen LogP contribution in [0.3, 0.4) is 0 Å². The summed E-state index contributed by atoms with van der Waals surface area (Å²) in [6.45, 7) is 2.90. The van der Waals surface area contributed by atoms with Crippen molar-refractivity contribution in [2.75, 3.05) is 7.11 Å². The number of rotatable bonds is 5. The summed E-state index contributed by atoms with van der Waals surface area (Å²) in [5, 5.41) is 4.22. The molecule has 0 fully saturated rings. The van der Waals surface area contributed by atoms with Gasteiger partial charge in [0.1, 0.15) is 5.75 Å². The summed E-state index contributed by atoms with van der Waals surface area (Å²) >= 11 is 9.49. The summed E-state index contributed by atoms with van der Waals surface area (Å²) in [5.41, 5.74) is 2.36. The normalized spacial score (nSPS) is 12.2. The van der Waals surface area contributed by atoms with Crippen molar-refractivity contribution in [2.24, 2.45) is 0 Å². The maximum atomic E-state index is 6.09. The molecular formula is C16H17BrClNO. The van der Waals surface area contributed by atoms with Crippen molar-refractivity contribution in [1.29, 1.82) is 0 Å². The summed E-state index contributed by atoms with van der Waals surface area (Å²) in [7, 11) is 1.68. The van der Waals surface area contributed by atoms with Crippen molar-refractivity contribution in [3.8, 4) is 5.75 Å². The van der Waals surface area contributed by atoms with Gasteiger partial charge in [-0.05, 0) is 58.2 Å². The zero-order chi connectivity index (χ0) is 14.5. The highest BCUT2D eigenvalue weighted by Crippen LogP contribution is 2.24. The van der Waals surface area contributed by atoms with E-state index in [9.17, 15) is 0 Å². The van der Waals surface area contributed by atoms with Crippen LogP contribution in [0.5, 0.6) is 5.75 Å². The minimum Gasteiger partial charge on any atom is -0.497 e. The molecule has 106 valence electrons. The molecule has 4 heteroatoms. The topological polar surface area (TPSA) is 21.3 Å². The molecule has 0 spiro atoms. The first-order valence-electron chi connectivity index (χ1n) is 6.41. The lowest BCUT2D eigenvalue weighted by Gasteiger charge is -2.15. The number of nitrogens with one attached hydrogen (secondary N) is 1. The molecule has 20 heavy (non-hydrogen) atoms. The molecule has 0 amide bonds. The molecule has 2 rings (SSSR count). The highest BCUT2D eigenvalue weighted by Gasteiger charge is 2.06. The van der Waals surface area contributed by atoms with Crippen LogP contribution in [0.25, 0.3) is 0 Å². The van der Waals surface area contributed by atoms with Crippen molar-refractivity contribution in [2.45, 2.75) is 19.5 Å². The summed E-state index contributed by atoms with van der Waals surface area (Å²) in [6, 6.07) is 14.3. The van der Waals surface area contributed by atoms with Crippen LogP contribution in [0.1, 0.15) is 24.1 Å². The monoisotopic (exact) mass is 353 g/mol. The van der Waals surface area contributed by atoms with Gasteiger partial charge in [0, 0.05) is 17.1 Å². The average Bonchev–Trinajstić information content (AvgIpc) is 2.48. The van der Waals surface area contributed by atoms with Crippen molar-refractivity contribution in [3.63, 3.8) is 0 Å². The van der Waals surface area contributed by atoms with E-state index in [2.05, 4.69) is 40.3 Å². The van der Waals surface area contributed by atoms with E-state index >= 15 is 0 Å². The number of hydrogen-bond donors (Lipinski definition) is 1. The maximum Gasteiger partial charge on any atom is 0.119 e. The number of methoxy groups -OCH3 is 1. The Morgan fingerprint density at radius 3 is 2.75 bits per heavy atom. The van der Waals surface area contributed by atoms with Crippen molar-refractivity contribution in [3.05, 3.63) is 63.1 Å². The number of hydrogen-bond acceptors (Lipinski definition) is 2. The molecule has 0 bridgehead atoms. The van der Waals surface area contributed by atoms with Crippen LogP contribution in [0, 0.1) is 0 Å². The van der Waals surface area contributed by atoms with E-state index in [1.165, 1.54) is 5.56 Å². The van der Waals surface area contributed by atoms with Crippen LogP contribution in [-0.4, -0.2) is 7.11 Å². The molecule has 1 unspecified atom stereocenters. The third kappa shape index (κ3) is 3.98. The molecule has 2 aromatic rings. The zero-order valence-electron chi connectivity index (χ0n) is 11.5. The van der Waals surface area contributed by atoms with Gasteiger partial charge in [-0.25, -0.2) is 0 Å². The van der Waals surface area contributed by atoms with E-state index in [0.717, 1.165) is 27.4 Å². The largest absolute Gasteiger partial charge is 0.497 e. The predicted octanol–water partition coefficient (Wildman–Crippen LogP) is 4.96. The van der Waals surface area contributed by atoms with E-state index in [1.54, 1.807) is 7.11 Å². The van der Waals surface area contributed by atoms with Crippen LogP contribution >= 0.6 is 27.5 Å². The Morgan fingerprint density at radius 1 is 1.25 bits per heavy atom. The molecule has 0 aliphatic heterocycles. The molecule has 0 saturated carbocycles. The molecule has 0 aromatic heterocycles. The fraction of sp³-hybridized carbons (Fsp3) is 0.250. The van der Waals surface area contributed by atoms with Gasteiger partial charge in [0.25, 0.3) is 0 Å². The lowest BCUT2D eigenvalue weighted by molar-refractivity contribution is 0.413. The minimum absolute atomic E-state index is 0.243. The second-order valence-electron chi connectivity index (χ2n) is 4.63. The predicted molar refractivity (Wildman–Crippen MR) is 87.4 cm³/mol. The van der Waals surface area contributed by atoms with Crippen molar-refractivity contribution < 1.29 is 4.74 Å². The van der Waals surface area contributed by atoms with E-state index in [1.807, 2.05) is 30.3 Å². The standard InChI is InChI=1S/C16H17BrClNO/c1-11(13-4-3-5-14(9-13)20-2)19-10-12-6-7-15(17)16(18)8-12/h3-9,11,19H,10H2,1-2H3. The van der Waals surface area contributed by atoms with Gasteiger partial charge in [-0.1, -0.05) is 29.8 Å². The Morgan fingerprint density at radius 2 is 2.05 bits per heavy atom. The third-order valence-corrected chi connectivity index (χ3v) is 4.42. The first kappa shape index (κ1) is 15.4. The third-order valence-electron chi connectivity index (χ3n) is 3.19. The zero-order valence-corrected chi connectivity index (χ0v) is 13.8. The molecule has 2 nitrogen and oxygen atoms in total. The lowest BCUT2D eigenvalue weighted by Crippen LogP contribution is -2.18. The quantitative estimate of drug-likeness (QED) is 0.819. The van der Waals surface area contributed by atoms with Gasteiger partial charge in [0.05, 0.1) is 12.1 Å². The maximum absolute atomic E-state index is 6.09. The molecule has 2 aromatic carbocycles. The van der Waals surface area contributed by atoms with Crippen LogP contribution < -0.4 is 10.1 Å². The van der Waals surface area contributed by atoms with Crippen LogP contribution in [0.2, 0.25) is 5.02 Å². The van der Waals surface area contributed by atoms with Gasteiger partial charge >= 0.3 is 0 Å². The average molecular weight is 355 g/mol. The fourth-order valence-electron chi connectivity index (χ4n) is 1.95. The summed E-state index contributed by atoms with van der Waals surface area (Å²) in [4.78, 5) is 0. The SMILES string of the molecule is COc1cccc(C(C)NCc2ccc(Br)c(Cl)c2)c1. The van der Waals surface area contributed by atoms with Gasteiger partial charge in [0.15, 0.2) is 0 Å². The van der Waals surface area contributed by atoms with E-state index in [0.29, 0.717) is 0 Å². The highest BCUT2D eigenvalue weighted by molar-refractivity contribution is 9.10. The molecule has 0 aliphatic rings. The lowest BCUT2D eigenvalue weighted by atomic mass is 10.1. The first-order chi connectivity index (χ1) is 9.60. The number of halogens is 2. The molecule has 0 heterocycles. The number of ether oxygens (including phenoxy) is 1. The fourth-order valence-corrected chi connectivity index (χ4v) is 2.40.